The van der Waals surface area contributed by atoms with Crippen LogP contribution >= 0.6 is 11.6 Å². The molecule has 0 aliphatic rings. The van der Waals surface area contributed by atoms with Crippen molar-refractivity contribution in [2.45, 2.75) is 26.3 Å². The maximum absolute atomic E-state index is 5.91. The first-order chi connectivity index (χ1) is 8.56. The van der Waals surface area contributed by atoms with Crippen molar-refractivity contribution in [3.63, 3.8) is 0 Å². The van der Waals surface area contributed by atoms with Crippen LogP contribution < -0.4 is 10.1 Å². The van der Waals surface area contributed by atoms with Gasteiger partial charge in [0.1, 0.15) is 6.33 Å². The number of methoxy groups -OCH3 is 1. The zero-order chi connectivity index (χ0) is 13.5. The summed E-state index contributed by atoms with van der Waals surface area (Å²) in [5.74, 6) is 1.14. The van der Waals surface area contributed by atoms with Crippen LogP contribution in [0.1, 0.15) is 20.3 Å². The van der Waals surface area contributed by atoms with Crippen molar-refractivity contribution in [2.24, 2.45) is 0 Å². The van der Waals surface area contributed by atoms with Crippen molar-refractivity contribution < 1.29 is 4.74 Å². The van der Waals surface area contributed by atoms with E-state index in [-0.39, 0.29) is 0 Å². The van der Waals surface area contributed by atoms with Crippen LogP contribution in [0.3, 0.4) is 0 Å². The van der Waals surface area contributed by atoms with E-state index in [2.05, 4.69) is 41.1 Å². The highest BCUT2D eigenvalue weighted by atomic mass is 35.5. The van der Waals surface area contributed by atoms with Gasteiger partial charge < -0.3 is 15.0 Å². The van der Waals surface area contributed by atoms with Crippen molar-refractivity contribution in [1.29, 1.82) is 0 Å². The Hall–Kier alpha value is -1.07. The highest BCUT2D eigenvalue weighted by Crippen LogP contribution is 2.28. The molecule has 102 valence electrons. The van der Waals surface area contributed by atoms with E-state index in [4.69, 9.17) is 16.3 Å². The summed E-state index contributed by atoms with van der Waals surface area (Å²) in [7, 11) is 3.68. The fourth-order valence-corrected chi connectivity index (χ4v) is 1.66. The van der Waals surface area contributed by atoms with Crippen LogP contribution in [0.15, 0.2) is 6.33 Å². The lowest BCUT2D eigenvalue weighted by Gasteiger charge is -2.20. The van der Waals surface area contributed by atoms with Crippen LogP contribution in [-0.2, 0) is 0 Å². The van der Waals surface area contributed by atoms with Crippen molar-refractivity contribution in [2.75, 3.05) is 32.6 Å². The Labute approximate surface area is 114 Å². The van der Waals surface area contributed by atoms with Gasteiger partial charge in [0.15, 0.2) is 16.7 Å². The molecule has 0 atom stereocenters. The molecule has 5 nitrogen and oxygen atoms in total. The molecule has 0 saturated carbocycles. The maximum Gasteiger partial charge on any atom is 0.198 e. The highest BCUT2D eigenvalue weighted by Gasteiger charge is 2.09. The molecule has 0 bridgehead atoms. The first-order valence-electron chi connectivity index (χ1n) is 6.04. The van der Waals surface area contributed by atoms with E-state index in [0.717, 1.165) is 19.5 Å². The largest absolute Gasteiger partial charge is 0.490 e. The third-order valence-corrected chi connectivity index (χ3v) is 3.10. The third kappa shape index (κ3) is 4.31. The predicted octanol–water partition coefficient (Wildman–Crippen LogP) is 2.28. The minimum Gasteiger partial charge on any atom is -0.490 e. The summed E-state index contributed by atoms with van der Waals surface area (Å²) in [6.45, 7) is 6.22. The first kappa shape index (κ1) is 15.0. The van der Waals surface area contributed by atoms with E-state index in [0.29, 0.717) is 22.8 Å². The van der Waals surface area contributed by atoms with Crippen LogP contribution in [0.4, 0.5) is 5.82 Å². The Morgan fingerprint density at radius 2 is 2.17 bits per heavy atom. The Bertz CT molecular complexity index is 373. The molecule has 0 aliphatic carbocycles. The molecule has 0 amide bonds. The van der Waals surface area contributed by atoms with Crippen LogP contribution in [0.5, 0.6) is 5.75 Å². The summed E-state index contributed by atoms with van der Waals surface area (Å²) >= 11 is 5.91. The summed E-state index contributed by atoms with van der Waals surface area (Å²) in [6.07, 6.45) is 2.45. The number of nitrogens with one attached hydrogen (secondary N) is 1. The summed E-state index contributed by atoms with van der Waals surface area (Å²) < 4.78 is 5.16. The van der Waals surface area contributed by atoms with Crippen LogP contribution in [0, 0.1) is 0 Å². The molecule has 1 N–H and O–H groups in total. The van der Waals surface area contributed by atoms with Gasteiger partial charge in [0.2, 0.25) is 0 Å². The van der Waals surface area contributed by atoms with Gasteiger partial charge in [-0.1, -0.05) is 11.6 Å². The normalized spacial score (nSPS) is 11.1. The SMILES string of the molecule is COc1c(Cl)ncnc1NCCCN(C)C(C)C. The predicted molar refractivity (Wildman–Crippen MR) is 74.5 cm³/mol. The maximum atomic E-state index is 5.91. The lowest BCUT2D eigenvalue weighted by atomic mass is 10.3. The van der Waals surface area contributed by atoms with Crippen LogP contribution in [0.25, 0.3) is 0 Å². The molecule has 0 aliphatic heterocycles. The fraction of sp³-hybridized carbons (Fsp3) is 0.667. The molecule has 1 aromatic rings. The number of hydrogen-bond acceptors (Lipinski definition) is 5. The van der Waals surface area contributed by atoms with Gasteiger partial charge in [-0.2, -0.15) is 0 Å². The van der Waals surface area contributed by atoms with Gasteiger partial charge in [0.25, 0.3) is 0 Å². The molecule has 6 heteroatoms. The molecule has 0 spiro atoms. The minimum atomic E-state index is 0.328. The van der Waals surface area contributed by atoms with Gasteiger partial charge in [0.05, 0.1) is 7.11 Å². The van der Waals surface area contributed by atoms with Gasteiger partial charge in [-0.15, -0.1) is 0 Å². The van der Waals surface area contributed by atoms with Crippen molar-refractivity contribution in [1.82, 2.24) is 14.9 Å². The second-order valence-electron chi connectivity index (χ2n) is 4.40. The Balaban J connectivity index is 2.42. The summed E-state index contributed by atoms with van der Waals surface area (Å²) in [4.78, 5) is 10.3. The van der Waals surface area contributed by atoms with Gasteiger partial charge in [-0.25, -0.2) is 9.97 Å². The van der Waals surface area contributed by atoms with Gasteiger partial charge >= 0.3 is 0 Å². The topological polar surface area (TPSA) is 50.3 Å². The fourth-order valence-electron chi connectivity index (χ4n) is 1.45. The minimum absolute atomic E-state index is 0.328. The number of ether oxygens (including phenoxy) is 1. The quantitative estimate of drug-likeness (QED) is 0.610. The van der Waals surface area contributed by atoms with Crippen molar-refractivity contribution >= 4 is 17.4 Å². The summed E-state index contributed by atoms with van der Waals surface area (Å²) in [5, 5.41) is 3.54. The average Bonchev–Trinajstić information content (AvgIpc) is 2.34. The molecule has 0 aromatic carbocycles. The van der Waals surface area contributed by atoms with E-state index >= 15 is 0 Å². The number of nitrogens with zero attached hydrogens (tertiary/aromatic N) is 3. The van der Waals surface area contributed by atoms with E-state index in [9.17, 15) is 0 Å². The molecule has 1 aromatic heterocycles. The second kappa shape index (κ2) is 7.38. The molecule has 1 heterocycles. The molecule has 0 saturated heterocycles. The van der Waals surface area contributed by atoms with Gasteiger partial charge in [0, 0.05) is 12.6 Å². The highest BCUT2D eigenvalue weighted by molar-refractivity contribution is 6.31. The first-order valence-corrected chi connectivity index (χ1v) is 6.42. The zero-order valence-electron chi connectivity index (χ0n) is 11.4. The summed E-state index contributed by atoms with van der Waals surface area (Å²) in [5.41, 5.74) is 0. The van der Waals surface area contributed by atoms with E-state index < -0.39 is 0 Å². The standard InChI is InChI=1S/C12H21ClN4O/c1-9(2)17(3)7-5-6-14-12-10(18-4)11(13)15-8-16-12/h8-9H,5-7H2,1-4H3,(H,14,15,16). The second-order valence-corrected chi connectivity index (χ2v) is 4.76. The number of anilines is 1. The average molecular weight is 273 g/mol. The van der Waals surface area contributed by atoms with E-state index in [1.807, 2.05) is 0 Å². The van der Waals surface area contributed by atoms with E-state index in [1.54, 1.807) is 7.11 Å². The van der Waals surface area contributed by atoms with Crippen molar-refractivity contribution in [3.8, 4) is 5.75 Å². The molecule has 18 heavy (non-hydrogen) atoms. The molecule has 0 radical (unpaired) electrons. The monoisotopic (exact) mass is 272 g/mol. The Morgan fingerprint density at radius 3 is 2.78 bits per heavy atom. The Kier molecular flexibility index (Phi) is 6.15. The Morgan fingerprint density at radius 1 is 1.44 bits per heavy atom. The summed E-state index contributed by atoms with van der Waals surface area (Å²) in [6, 6.07) is 0.563. The van der Waals surface area contributed by atoms with Crippen LogP contribution in [0.2, 0.25) is 5.15 Å². The smallest absolute Gasteiger partial charge is 0.198 e. The molecule has 0 fully saturated rings. The van der Waals surface area contributed by atoms with Gasteiger partial charge in [-0.05, 0) is 33.9 Å². The molecule has 1 rings (SSSR count). The number of hydrogen-bond donors (Lipinski definition) is 1. The lowest BCUT2D eigenvalue weighted by molar-refractivity contribution is 0.273. The molecular weight excluding hydrogens is 252 g/mol. The van der Waals surface area contributed by atoms with Crippen molar-refractivity contribution in [3.05, 3.63) is 11.5 Å². The van der Waals surface area contributed by atoms with E-state index in [1.165, 1.54) is 6.33 Å². The molecule has 0 unspecified atom stereocenters. The molecular formula is C12H21ClN4O. The zero-order valence-corrected chi connectivity index (χ0v) is 12.2. The number of halogens is 1. The third-order valence-electron chi connectivity index (χ3n) is 2.83. The van der Waals surface area contributed by atoms with Gasteiger partial charge in [-0.3, -0.25) is 0 Å². The number of aromatic nitrogens is 2. The lowest BCUT2D eigenvalue weighted by Crippen LogP contribution is -2.28. The number of rotatable bonds is 7. The van der Waals surface area contributed by atoms with Crippen LogP contribution in [-0.4, -0.2) is 48.2 Å².